The lowest BCUT2D eigenvalue weighted by atomic mass is 9.29. The summed E-state index contributed by atoms with van der Waals surface area (Å²) >= 11 is 0. The third kappa shape index (κ3) is 6.66. The molecule has 12 bridgehead atoms. The maximum Gasteiger partial charge on any atom is 0.260 e. The molecule has 90 heavy (non-hydrogen) atoms. The summed E-state index contributed by atoms with van der Waals surface area (Å²) in [5.74, 6) is 15.4. The van der Waals surface area contributed by atoms with Crippen molar-refractivity contribution < 1.29 is 18.9 Å². The van der Waals surface area contributed by atoms with Gasteiger partial charge in [0.15, 0.2) is 0 Å². The Morgan fingerprint density at radius 1 is 0.344 bits per heavy atom. The van der Waals surface area contributed by atoms with Crippen molar-refractivity contribution in [1.29, 1.82) is 0 Å². The summed E-state index contributed by atoms with van der Waals surface area (Å²) < 4.78 is 30.0. The molecule has 6 aliphatic heterocycles. The molecule has 12 aliphatic carbocycles. The van der Waals surface area contributed by atoms with E-state index in [1.54, 1.807) is 0 Å². The summed E-state index contributed by atoms with van der Waals surface area (Å²) in [6, 6.07) is 48.2. The molecule has 8 aromatic carbocycles. The Labute approximate surface area is 530 Å². The number of anilines is 5. The monoisotopic (exact) mass is 1170 g/mol. The van der Waals surface area contributed by atoms with Crippen molar-refractivity contribution in [3.63, 3.8) is 0 Å². The summed E-state index contributed by atoms with van der Waals surface area (Å²) in [6.45, 7) is 6.74. The zero-order valence-corrected chi connectivity index (χ0v) is 52.3. The van der Waals surface area contributed by atoms with E-state index in [0.29, 0.717) is 0 Å². The molecule has 1 N–H and O–H groups in total. The molecule has 18 aliphatic rings. The number of fused-ring (bicyclic) bond motifs is 12. The molecule has 0 atom stereocenters. The third-order valence-corrected chi connectivity index (χ3v) is 27.7. The van der Waals surface area contributed by atoms with E-state index in [4.69, 9.17) is 18.9 Å². The Morgan fingerprint density at radius 2 is 0.744 bits per heavy atom. The van der Waals surface area contributed by atoms with Gasteiger partial charge < -0.3 is 29.2 Å². The predicted molar refractivity (Wildman–Crippen MR) is 365 cm³/mol. The van der Waals surface area contributed by atoms with Crippen molar-refractivity contribution in [3.8, 4) is 46.0 Å². The Hall–Kier alpha value is -7.25. The van der Waals surface area contributed by atoms with Crippen LogP contribution in [0, 0.1) is 74.0 Å². The van der Waals surface area contributed by atoms with Crippen LogP contribution in [0.25, 0.3) is 0 Å². The fourth-order valence-electron chi connectivity index (χ4n) is 25.8. The number of rotatable bonds is 4. The highest BCUT2D eigenvalue weighted by Gasteiger charge is 2.57. The van der Waals surface area contributed by atoms with Crippen LogP contribution in [0.4, 0.5) is 28.4 Å². The quantitative estimate of drug-likeness (QED) is 0.177. The molecular weight excluding hydrogens is 1100 g/mol. The first kappa shape index (κ1) is 50.4. The van der Waals surface area contributed by atoms with Crippen LogP contribution in [0.3, 0.4) is 0 Å². The number of ether oxygens (including phenoxy) is 4. The Morgan fingerprint density at radius 3 is 1.26 bits per heavy atom. The molecule has 12 saturated carbocycles. The lowest BCUT2D eigenvalue weighted by Gasteiger charge is -2.57. The lowest BCUT2D eigenvalue weighted by Crippen LogP contribution is -2.64. The second kappa shape index (κ2) is 17.1. The van der Waals surface area contributed by atoms with Crippen LogP contribution in [0.1, 0.15) is 149 Å². The average molecular weight is 1170 g/mol. The largest absolute Gasteiger partial charge is 0.458 e. The minimum atomic E-state index is -0.138. The van der Waals surface area contributed by atoms with E-state index in [0.717, 1.165) is 105 Å². The van der Waals surface area contributed by atoms with Gasteiger partial charge in [-0.15, -0.1) is 0 Å². The number of aryl methyl sites for hydroxylation is 3. The first-order valence-electron chi connectivity index (χ1n) is 35.4. The molecule has 0 amide bonds. The molecule has 0 unspecified atom stereocenters. The molecule has 6 nitrogen and oxygen atoms in total. The van der Waals surface area contributed by atoms with E-state index in [-0.39, 0.29) is 36.4 Å². The van der Waals surface area contributed by atoms with Gasteiger partial charge in [-0.05, 0) is 326 Å². The summed E-state index contributed by atoms with van der Waals surface area (Å²) in [4.78, 5) is 2.71. The lowest BCUT2D eigenvalue weighted by molar-refractivity contribution is -0.00540. The minimum absolute atomic E-state index is 0.0161. The first-order chi connectivity index (χ1) is 44.0. The molecule has 0 saturated heterocycles. The average Bonchev–Trinajstić information content (AvgIpc) is 0.696. The highest BCUT2D eigenvalue weighted by atomic mass is 16.5. The van der Waals surface area contributed by atoms with Gasteiger partial charge in [0.25, 0.3) is 20.1 Å². The molecule has 9 heteroatoms. The Bertz CT molecular complexity index is 4510. The number of nitrogens with zero attached hydrogens (tertiary/aromatic N) is 1. The standard InChI is InChI=1S/C81H75B3N2O4/c1-42-12-43(2)78(44(3)13-42)86-65-32-70-62(83-58-9-5-7-11-68(58)88-73-27-56(28-74(90-70)77(73)83)81-39-51-20-52(40-81)22-53(21-51)41-81)30-60(65)84-61-29-59-63(31-69(61)89-72-26-55(24-66(86)76(72)84)80-36-48-17-49(37-80)19-50(18-48)38-80)85-64-23-54(79-33-45-14-46(34-79)16-47(15-45)35-79)25-71-75(64)82(59)57-8-4-6-10-67(57)87-71/h4-13,23-32,45-53,85H,14-22,33-41H2,1-3H3. The van der Waals surface area contributed by atoms with Gasteiger partial charge >= 0.3 is 0 Å². The number of para-hydroxylation sites is 2. The number of nitrogens with one attached hydrogen (secondary N) is 1. The van der Waals surface area contributed by atoms with Gasteiger partial charge in [0, 0.05) is 40.3 Å². The summed E-state index contributed by atoms with van der Waals surface area (Å²) in [5.41, 5.74) is 26.2. The van der Waals surface area contributed by atoms with Crippen LogP contribution in [0.2, 0.25) is 0 Å². The van der Waals surface area contributed by atoms with Gasteiger partial charge in [0.1, 0.15) is 46.0 Å². The smallest absolute Gasteiger partial charge is 0.260 e. The normalized spacial score (nSPS) is 32.0. The van der Waals surface area contributed by atoms with Gasteiger partial charge in [0.2, 0.25) is 0 Å². The molecule has 442 valence electrons. The van der Waals surface area contributed by atoms with Crippen molar-refractivity contribution in [1.82, 2.24) is 0 Å². The second-order valence-corrected chi connectivity index (χ2v) is 33.2. The van der Waals surface area contributed by atoms with E-state index < -0.39 is 0 Å². The van der Waals surface area contributed by atoms with Gasteiger partial charge in [-0.3, -0.25) is 0 Å². The molecule has 0 spiro atoms. The molecule has 0 aromatic heterocycles. The van der Waals surface area contributed by atoms with Crippen molar-refractivity contribution in [2.24, 2.45) is 53.3 Å². The first-order valence-corrected chi connectivity index (χ1v) is 35.4. The molecule has 8 aromatic rings. The van der Waals surface area contributed by atoms with E-state index in [1.165, 1.54) is 221 Å². The fourth-order valence-corrected chi connectivity index (χ4v) is 25.8. The Balaban J connectivity index is 0.760. The van der Waals surface area contributed by atoms with Crippen molar-refractivity contribution in [3.05, 3.63) is 155 Å². The topological polar surface area (TPSA) is 52.2 Å². The van der Waals surface area contributed by atoms with Crippen LogP contribution in [0.5, 0.6) is 46.0 Å². The van der Waals surface area contributed by atoms with Gasteiger partial charge in [-0.25, -0.2) is 0 Å². The number of hydrogen-bond acceptors (Lipinski definition) is 6. The minimum Gasteiger partial charge on any atom is -0.458 e. The fraction of sp³-hybridized carbons (Fsp3) is 0.407. The van der Waals surface area contributed by atoms with Gasteiger partial charge in [-0.1, -0.05) is 66.2 Å². The van der Waals surface area contributed by atoms with E-state index in [1.807, 2.05) is 0 Å². The van der Waals surface area contributed by atoms with Crippen molar-refractivity contribution in [2.45, 2.75) is 153 Å². The molecule has 12 fully saturated rings. The zero-order valence-electron chi connectivity index (χ0n) is 52.3. The highest BCUT2D eigenvalue weighted by molar-refractivity contribution is 7.03. The number of benzene rings is 8. The molecule has 6 heterocycles. The maximum atomic E-state index is 7.86. The van der Waals surface area contributed by atoms with Crippen LogP contribution in [0.15, 0.2) is 121 Å². The van der Waals surface area contributed by atoms with Crippen LogP contribution < -0.4 is 78.3 Å². The molecule has 0 radical (unpaired) electrons. The van der Waals surface area contributed by atoms with Crippen molar-refractivity contribution in [2.75, 3.05) is 10.2 Å². The molecule has 26 rings (SSSR count). The molecular formula is C81H75B3N2O4. The third-order valence-electron chi connectivity index (χ3n) is 27.7. The van der Waals surface area contributed by atoms with Crippen LogP contribution in [-0.4, -0.2) is 20.1 Å². The maximum absolute atomic E-state index is 7.86. The van der Waals surface area contributed by atoms with Crippen molar-refractivity contribution >= 4 is 97.7 Å². The van der Waals surface area contributed by atoms with E-state index >= 15 is 0 Å². The predicted octanol–water partition coefficient (Wildman–Crippen LogP) is 13.8. The number of hydrogen-bond donors (Lipinski definition) is 1. The summed E-state index contributed by atoms with van der Waals surface area (Å²) in [7, 11) is 0. The van der Waals surface area contributed by atoms with Crippen LogP contribution in [-0.2, 0) is 16.2 Å². The van der Waals surface area contributed by atoms with Gasteiger partial charge in [0.05, 0.1) is 5.69 Å². The Kier molecular flexibility index (Phi) is 9.56. The van der Waals surface area contributed by atoms with E-state index in [2.05, 4.69) is 152 Å². The second-order valence-electron chi connectivity index (χ2n) is 33.2. The SMILES string of the molecule is Cc1cc(C)c(N2c3cc4c(cc3B3c5cc6c(cc5Oc5cc(C78CC9CC(CC(C9)C7)C8)cc2c53)Nc2cc(C35CC7CC(CC(C7)C3)C5)cc3c2B6c2ccccc2O3)B2c3ccccc3Oc3cc(C56CC7CC(CC(C7)C5)C6)cc(c32)O4)c(C)c1. The highest BCUT2D eigenvalue weighted by Crippen LogP contribution is 2.65. The van der Waals surface area contributed by atoms with E-state index in [9.17, 15) is 0 Å². The summed E-state index contributed by atoms with van der Waals surface area (Å²) in [6.07, 6.45) is 24.5. The van der Waals surface area contributed by atoms with Crippen LogP contribution >= 0.6 is 0 Å². The zero-order chi connectivity index (χ0) is 58.6. The van der Waals surface area contributed by atoms with Gasteiger partial charge in [-0.2, -0.15) is 0 Å². The summed E-state index contributed by atoms with van der Waals surface area (Å²) in [5, 5.41) is 4.21.